The van der Waals surface area contributed by atoms with Crippen LogP contribution in [0, 0.1) is 5.82 Å². The Bertz CT molecular complexity index is 1320. The summed E-state index contributed by atoms with van der Waals surface area (Å²) in [5.41, 5.74) is 7.58. The van der Waals surface area contributed by atoms with Crippen LogP contribution < -0.4 is 5.73 Å². The van der Waals surface area contributed by atoms with Crippen LogP contribution in [0.2, 0.25) is 0 Å². The molecule has 0 fully saturated rings. The molecule has 4 rings (SSSR count). The van der Waals surface area contributed by atoms with E-state index in [0.717, 1.165) is 47.9 Å². The Hall–Kier alpha value is -3.35. The molecular formula is C25H22F4N2O. The van der Waals surface area contributed by atoms with Crippen molar-refractivity contribution in [2.75, 3.05) is 0 Å². The van der Waals surface area contributed by atoms with Gasteiger partial charge in [0.25, 0.3) is 0 Å². The van der Waals surface area contributed by atoms with Gasteiger partial charge in [0.2, 0.25) is 5.91 Å². The van der Waals surface area contributed by atoms with Crippen molar-refractivity contribution in [1.82, 2.24) is 4.57 Å². The van der Waals surface area contributed by atoms with Gasteiger partial charge >= 0.3 is 6.18 Å². The number of unbranched alkanes of at least 4 members (excludes halogenated alkanes) is 1. The predicted octanol–water partition coefficient (Wildman–Crippen LogP) is 6.44. The fourth-order valence-corrected chi connectivity index (χ4v) is 4.12. The van der Waals surface area contributed by atoms with Crippen molar-refractivity contribution in [2.45, 2.75) is 38.9 Å². The second-order valence-corrected chi connectivity index (χ2v) is 7.91. The van der Waals surface area contributed by atoms with E-state index in [9.17, 15) is 22.4 Å². The molecule has 0 aliphatic heterocycles. The second-order valence-electron chi connectivity index (χ2n) is 7.91. The van der Waals surface area contributed by atoms with E-state index in [-0.39, 0.29) is 12.1 Å². The Morgan fingerprint density at radius 3 is 2.47 bits per heavy atom. The summed E-state index contributed by atoms with van der Waals surface area (Å²) in [4.78, 5) is 12.1. The van der Waals surface area contributed by atoms with Crippen LogP contribution in [0.5, 0.6) is 0 Å². The fourth-order valence-electron chi connectivity index (χ4n) is 4.12. The quantitative estimate of drug-likeness (QED) is 0.343. The van der Waals surface area contributed by atoms with Gasteiger partial charge in [-0.25, -0.2) is 4.39 Å². The third-order valence-electron chi connectivity index (χ3n) is 5.75. The molecule has 1 aromatic heterocycles. The highest BCUT2D eigenvalue weighted by atomic mass is 19.4. The van der Waals surface area contributed by atoms with Gasteiger partial charge in [-0.3, -0.25) is 4.79 Å². The standard InChI is InChI=1S/C25H22F4N2O/c1-2-3-5-15-8-11-18-22(12-15)31(21-7-4-6-19(23(18)21)24(30)32)14-16-9-10-17(13-20(16)26)25(27,28)29/h4,6-13H,2-3,5,14H2,1H3,(H2,30,32). The number of rotatable bonds is 6. The topological polar surface area (TPSA) is 48.0 Å². The lowest BCUT2D eigenvalue weighted by Gasteiger charge is -2.12. The highest BCUT2D eigenvalue weighted by molar-refractivity contribution is 6.18. The van der Waals surface area contributed by atoms with Gasteiger partial charge < -0.3 is 10.3 Å². The summed E-state index contributed by atoms with van der Waals surface area (Å²) >= 11 is 0. The number of carbonyl (C=O) groups excluding carboxylic acids is 1. The lowest BCUT2D eigenvalue weighted by atomic mass is 10.0. The van der Waals surface area contributed by atoms with Crippen LogP contribution in [0.25, 0.3) is 21.8 Å². The van der Waals surface area contributed by atoms with Gasteiger partial charge in [0.1, 0.15) is 5.82 Å². The number of fused-ring (bicyclic) bond motifs is 3. The molecule has 1 amide bonds. The number of hydrogen-bond acceptors (Lipinski definition) is 1. The molecule has 4 aromatic rings. The molecule has 0 spiro atoms. The van der Waals surface area contributed by atoms with E-state index in [1.807, 2.05) is 22.8 Å². The molecule has 0 saturated carbocycles. The molecule has 7 heteroatoms. The number of nitrogens with zero attached hydrogens (tertiary/aromatic N) is 1. The van der Waals surface area contributed by atoms with Crippen molar-refractivity contribution in [3.05, 3.63) is 82.7 Å². The number of primary amides is 1. The monoisotopic (exact) mass is 442 g/mol. The van der Waals surface area contributed by atoms with Crippen molar-refractivity contribution in [3.8, 4) is 0 Å². The van der Waals surface area contributed by atoms with E-state index >= 15 is 0 Å². The van der Waals surface area contributed by atoms with Gasteiger partial charge in [0.05, 0.1) is 17.6 Å². The molecule has 3 aromatic carbocycles. The number of aromatic nitrogens is 1. The first-order valence-electron chi connectivity index (χ1n) is 10.4. The van der Waals surface area contributed by atoms with Crippen molar-refractivity contribution < 1.29 is 22.4 Å². The predicted molar refractivity (Wildman–Crippen MR) is 117 cm³/mol. The zero-order valence-electron chi connectivity index (χ0n) is 17.5. The van der Waals surface area contributed by atoms with Gasteiger partial charge in [0.15, 0.2) is 0 Å². The third-order valence-corrected chi connectivity index (χ3v) is 5.75. The van der Waals surface area contributed by atoms with E-state index in [2.05, 4.69) is 6.92 Å². The minimum absolute atomic E-state index is 0.0173. The normalized spacial score (nSPS) is 12.0. The zero-order chi connectivity index (χ0) is 23.0. The average Bonchev–Trinajstić information content (AvgIpc) is 3.06. The van der Waals surface area contributed by atoms with E-state index in [0.29, 0.717) is 22.5 Å². The Morgan fingerprint density at radius 2 is 1.81 bits per heavy atom. The van der Waals surface area contributed by atoms with E-state index < -0.39 is 23.5 Å². The van der Waals surface area contributed by atoms with Crippen molar-refractivity contribution in [1.29, 1.82) is 0 Å². The lowest BCUT2D eigenvalue weighted by molar-refractivity contribution is -0.137. The summed E-state index contributed by atoms with van der Waals surface area (Å²) in [6, 6.07) is 13.6. The molecule has 0 radical (unpaired) electrons. The van der Waals surface area contributed by atoms with E-state index in [1.54, 1.807) is 18.2 Å². The molecule has 0 aliphatic carbocycles. The van der Waals surface area contributed by atoms with Gasteiger partial charge in [-0.1, -0.05) is 37.6 Å². The van der Waals surface area contributed by atoms with Gasteiger partial charge in [-0.2, -0.15) is 13.2 Å². The van der Waals surface area contributed by atoms with Crippen molar-refractivity contribution >= 4 is 27.7 Å². The Morgan fingerprint density at radius 1 is 1.03 bits per heavy atom. The number of amides is 1. The number of hydrogen-bond donors (Lipinski definition) is 1. The van der Waals surface area contributed by atoms with Crippen LogP contribution in [-0.2, 0) is 19.1 Å². The first-order valence-corrected chi connectivity index (χ1v) is 10.4. The van der Waals surface area contributed by atoms with Crippen LogP contribution in [0.4, 0.5) is 17.6 Å². The minimum atomic E-state index is -4.61. The number of benzene rings is 3. The Kier molecular flexibility index (Phi) is 5.67. The number of aryl methyl sites for hydroxylation is 1. The van der Waals surface area contributed by atoms with Crippen LogP contribution in [0.1, 0.15) is 46.8 Å². The largest absolute Gasteiger partial charge is 0.416 e. The first-order chi connectivity index (χ1) is 15.2. The first kappa shape index (κ1) is 21.9. The average molecular weight is 442 g/mol. The summed E-state index contributed by atoms with van der Waals surface area (Å²) in [7, 11) is 0. The molecule has 0 unspecified atom stereocenters. The number of halogens is 4. The molecule has 2 N–H and O–H groups in total. The van der Waals surface area contributed by atoms with Crippen molar-refractivity contribution in [3.63, 3.8) is 0 Å². The molecule has 166 valence electrons. The number of carbonyl (C=O) groups is 1. The minimum Gasteiger partial charge on any atom is -0.366 e. The summed E-state index contributed by atoms with van der Waals surface area (Å²) in [6.07, 6.45) is -1.71. The zero-order valence-corrected chi connectivity index (χ0v) is 17.5. The van der Waals surface area contributed by atoms with Gasteiger partial charge in [0, 0.05) is 27.4 Å². The summed E-state index contributed by atoms with van der Waals surface area (Å²) in [5.74, 6) is -1.51. The van der Waals surface area contributed by atoms with Crippen LogP contribution in [0.15, 0.2) is 54.6 Å². The molecule has 0 bridgehead atoms. The third kappa shape index (κ3) is 3.95. The maximum absolute atomic E-state index is 14.6. The van der Waals surface area contributed by atoms with Gasteiger partial charge in [-0.05, 0) is 48.7 Å². The molecule has 1 heterocycles. The number of nitrogens with two attached hydrogens (primary N) is 1. The highest BCUT2D eigenvalue weighted by Crippen LogP contribution is 2.34. The summed E-state index contributed by atoms with van der Waals surface area (Å²) < 4.78 is 55.3. The smallest absolute Gasteiger partial charge is 0.366 e. The maximum Gasteiger partial charge on any atom is 0.416 e. The molecule has 0 aliphatic rings. The highest BCUT2D eigenvalue weighted by Gasteiger charge is 2.31. The SMILES string of the molecule is CCCCc1ccc2c3c(C(N)=O)cccc3n(Cc3ccc(C(F)(F)F)cc3F)c2c1. The summed E-state index contributed by atoms with van der Waals surface area (Å²) in [5, 5.41) is 1.45. The Balaban J connectivity index is 1.92. The number of alkyl halides is 3. The Labute approximate surface area is 182 Å². The molecule has 0 atom stereocenters. The fraction of sp³-hybridized carbons (Fsp3) is 0.240. The van der Waals surface area contributed by atoms with Crippen LogP contribution >= 0.6 is 0 Å². The summed E-state index contributed by atoms with van der Waals surface area (Å²) in [6.45, 7) is 2.12. The van der Waals surface area contributed by atoms with Gasteiger partial charge in [-0.15, -0.1) is 0 Å². The van der Waals surface area contributed by atoms with Crippen LogP contribution in [-0.4, -0.2) is 10.5 Å². The molecule has 0 saturated heterocycles. The van der Waals surface area contributed by atoms with Crippen LogP contribution in [0.3, 0.4) is 0 Å². The maximum atomic E-state index is 14.6. The van der Waals surface area contributed by atoms with E-state index in [4.69, 9.17) is 5.73 Å². The van der Waals surface area contributed by atoms with E-state index in [1.165, 1.54) is 0 Å². The molecule has 32 heavy (non-hydrogen) atoms. The molecular weight excluding hydrogens is 420 g/mol. The van der Waals surface area contributed by atoms with Crippen molar-refractivity contribution in [2.24, 2.45) is 5.73 Å². The molecule has 3 nitrogen and oxygen atoms in total. The lowest BCUT2D eigenvalue weighted by Crippen LogP contribution is -2.11. The second kappa shape index (κ2) is 8.30.